The first-order valence-corrected chi connectivity index (χ1v) is 10.1. The van der Waals surface area contributed by atoms with Gasteiger partial charge in [0.25, 0.3) is 11.7 Å². The zero-order valence-electron chi connectivity index (χ0n) is 17.9. The van der Waals surface area contributed by atoms with E-state index in [9.17, 15) is 14.7 Å². The highest BCUT2D eigenvalue weighted by Gasteiger charge is 2.47. The quantitative estimate of drug-likeness (QED) is 0.401. The van der Waals surface area contributed by atoms with Gasteiger partial charge in [0.2, 0.25) is 0 Å². The number of amides is 1. The number of carbonyl (C=O) groups is 2. The summed E-state index contributed by atoms with van der Waals surface area (Å²) >= 11 is 5.96. The molecule has 1 aliphatic rings. The number of halogens is 1. The van der Waals surface area contributed by atoms with Gasteiger partial charge < -0.3 is 24.4 Å². The molecule has 1 saturated heterocycles. The first-order chi connectivity index (χ1) is 14.8. The third-order valence-corrected chi connectivity index (χ3v) is 5.43. The molecule has 8 heteroatoms. The molecule has 0 saturated carbocycles. The molecule has 1 amide bonds. The summed E-state index contributed by atoms with van der Waals surface area (Å²) in [4.78, 5) is 29.4. The third-order valence-electron chi connectivity index (χ3n) is 5.18. The number of hydrogen-bond acceptors (Lipinski definition) is 6. The average molecular weight is 445 g/mol. The lowest BCUT2D eigenvalue weighted by Crippen LogP contribution is -2.35. The zero-order valence-corrected chi connectivity index (χ0v) is 18.6. The molecule has 31 heavy (non-hydrogen) atoms. The highest BCUT2D eigenvalue weighted by atomic mass is 35.5. The van der Waals surface area contributed by atoms with Crippen molar-refractivity contribution in [1.29, 1.82) is 0 Å². The summed E-state index contributed by atoms with van der Waals surface area (Å²) in [6.07, 6.45) is 0. The first-order valence-electron chi connectivity index (χ1n) is 9.69. The van der Waals surface area contributed by atoms with Gasteiger partial charge in [0.05, 0.1) is 25.8 Å². The molecule has 0 aromatic heterocycles. The van der Waals surface area contributed by atoms with Gasteiger partial charge in [0, 0.05) is 29.2 Å². The van der Waals surface area contributed by atoms with Gasteiger partial charge in [-0.05, 0) is 56.6 Å². The summed E-state index contributed by atoms with van der Waals surface area (Å²) in [7, 11) is 6.80. The fourth-order valence-corrected chi connectivity index (χ4v) is 3.68. The lowest BCUT2D eigenvalue weighted by atomic mass is 9.94. The lowest BCUT2D eigenvalue weighted by Gasteiger charge is -2.28. The predicted octanol–water partition coefficient (Wildman–Crippen LogP) is 3.34. The van der Waals surface area contributed by atoms with Crippen LogP contribution in [-0.4, -0.2) is 68.0 Å². The van der Waals surface area contributed by atoms with Crippen molar-refractivity contribution < 1.29 is 24.2 Å². The molecule has 0 bridgehead atoms. The standard InChI is InChI=1S/C23H25ClN2O5/c1-25(2)11-12-26-20(17-13-16(30-3)9-10-18(17)31-4)19(22(28)23(26)29)21(27)14-5-7-15(24)8-6-14/h5-10,13,20,27H,11-12H2,1-4H3/t20-/m1/s1. The number of aliphatic hydroxyl groups excluding tert-OH is 1. The predicted molar refractivity (Wildman–Crippen MR) is 119 cm³/mol. The lowest BCUT2D eigenvalue weighted by molar-refractivity contribution is -0.140. The maximum absolute atomic E-state index is 13.1. The van der Waals surface area contributed by atoms with E-state index < -0.39 is 17.7 Å². The molecule has 1 fully saturated rings. The van der Waals surface area contributed by atoms with Crippen LogP contribution >= 0.6 is 11.6 Å². The van der Waals surface area contributed by atoms with Gasteiger partial charge in [0.1, 0.15) is 17.3 Å². The number of carbonyl (C=O) groups excluding carboxylic acids is 2. The number of methoxy groups -OCH3 is 2. The Hall–Kier alpha value is -3.03. The van der Waals surface area contributed by atoms with Crippen molar-refractivity contribution in [2.45, 2.75) is 6.04 Å². The number of rotatable bonds is 7. The van der Waals surface area contributed by atoms with Gasteiger partial charge in [-0.2, -0.15) is 0 Å². The Balaban J connectivity index is 2.23. The van der Waals surface area contributed by atoms with Crippen LogP contribution in [0.25, 0.3) is 5.76 Å². The van der Waals surface area contributed by atoms with Gasteiger partial charge in [-0.1, -0.05) is 11.6 Å². The van der Waals surface area contributed by atoms with Crippen molar-refractivity contribution in [1.82, 2.24) is 9.80 Å². The Morgan fingerprint density at radius 2 is 1.77 bits per heavy atom. The highest BCUT2D eigenvalue weighted by Crippen LogP contribution is 2.43. The molecule has 1 heterocycles. The topological polar surface area (TPSA) is 79.3 Å². The van der Waals surface area contributed by atoms with E-state index in [-0.39, 0.29) is 11.3 Å². The fraction of sp³-hybridized carbons (Fsp3) is 0.304. The minimum Gasteiger partial charge on any atom is -0.507 e. The summed E-state index contributed by atoms with van der Waals surface area (Å²) < 4.78 is 10.9. The number of hydrogen-bond donors (Lipinski definition) is 1. The van der Waals surface area contributed by atoms with Gasteiger partial charge in [-0.25, -0.2) is 0 Å². The van der Waals surface area contributed by atoms with Crippen molar-refractivity contribution in [2.75, 3.05) is 41.4 Å². The minimum atomic E-state index is -0.833. The summed E-state index contributed by atoms with van der Waals surface area (Å²) in [5.74, 6) is -0.671. The van der Waals surface area contributed by atoms with E-state index in [1.54, 1.807) is 42.5 Å². The molecular weight excluding hydrogens is 420 g/mol. The van der Waals surface area contributed by atoms with Crippen molar-refractivity contribution in [2.24, 2.45) is 0 Å². The van der Waals surface area contributed by atoms with E-state index in [0.29, 0.717) is 40.7 Å². The molecule has 7 nitrogen and oxygen atoms in total. The number of ketones is 1. The van der Waals surface area contributed by atoms with Gasteiger partial charge >= 0.3 is 0 Å². The van der Waals surface area contributed by atoms with Crippen LogP contribution in [0.1, 0.15) is 17.2 Å². The van der Waals surface area contributed by atoms with E-state index in [1.807, 2.05) is 19.0 Å². The maximum Gasteiger partial charge on any atom is 0.295 e. The minimum absolute atomic E-state index is 0.00219. The van der Waals surface area contributed by atoms with Crippen LogP contribution in [-0.2, 0) is 9.59 Å². The Morgan fingerprint density at radius 1 is 1.10 bits per heavy atom. The fourth-order valence-electron chi connectivity index (χ4n) is 3.56. The molecule has 0 aliphatic carbocycles. The molecular formula is C23H25ClN2O5. The van der Waals surface area contributed by atoms with Gasteiger partial charge in [-0.3, -0.25) is 9.59 Å². The number of Topliss-reactive ketones (excluding diaryl/α,β-unsaturated/α-hetero) is 1. The van der Waals surface area contributed by atoms with E-state index >= 15 is 0 Å². The van der Waals surface area contributed by atoms with E-state index in [0.717, 1.165) is 0 Å². The monoisotopic (exact) mass is 444 g/mol. The van der Waals surface area contributed by atoms with Crippen molar-refractivity contribution in [3.8, 4) is 11.5 Å². The normalized spacial score (nSPS) is 18.0. The van der Waals surface area contributed by atoms with Crippen LogP contribution in [0, 0.1) is 0 Å². The molecule has 3 rings (SSSR count). The van der Waals surface area contributed by atoms with Gasteiger partial charge in [-0.15, -0.1) is 0 Å². The second kappa shape index (κ2) is 9.41. The Kier molecular flexibility index (Phi) is 6.87. The van der Waals surface area contributed by atoms with Crippen molar-refractivity contribution >= 4 is 29.1 Å². The summed E-state index contributed by atoms with van der Waals surface area (Å²) in [5, 5.41) is 11.6. The molecule has 1 N–H and O–H groups in total. The first kappa shape index (κ1) is 22.7. The average Bonchev–Trinajstić information content (AvgIpc) is 3.01. The number of aliphatic hydroxyl groups is 1. The van der Waals surface area contributed by atoms with Crippen LogP contribution in [0.5, 0.6) is 11.5 Å². The molecule has 1 atom stereocenters. The second-order valence-electron chi connectivity index (χ2n) is 7.41. The van der Waals surface area contributed by atoms with Crippen molar-refractivity contribution in [3.05, 3.63) is 64.2 Å². The molecule has 0 unspecified atom stereocenters. The van der Waals surface area contributed by atoms with E-state index in [1.165, 1.54) is 19.1 Å². The molecule has 2 aromatic carbocycles. The largest absolute Gasteiger partial charge is 0.507 e. The van der Waals surface area contributed by atoms with Crippen LogP contribution in [0.2, 0.25) is 5.02 Å². The molecule has 2 aromatic rings. The number of ether oxygens (including phenoxy) is 2. The summed E-state index contributed by atoms with van der Waals surface area (Å²) in [5.41, 5.74) is 0.940. The summed E-state index contributed by atoms with van der Waals surface area (Å²) in [6, 6.07) is 10.7. The summed E-state index contributed by atoms with van der Waals surface area (Å²) in [6.45, 7) is 0.830. The van der Waals surface area contributed by atoms with Crippen LogP contribution in [0.3, 0.4) is 0 Å². The van der Waals surface area contributed by atoms with Crippen molar-refractivity contribution in [3.63, 3.8) is 0 Å². The number of likely N-dealkylation sites (tertiary alicyclic amines) is 1. The molecule has 164 valence electrons. The number of nitrogens with zero attached hydrogens (tertiary/aromatic N) is 2. The van der Waals surface area contributed by atoms with Crippen LogP contribution in [0.15, 0.2) is 48.0 Å². The Morgan fingerprint density at radius 3 is 2.35 bits per heavy atom. The number of likely N-dealkylation sites (N-methyl/N-ethyl adjacent to an activating group) is 1. The molecule has 0 spiro atoms. The highest BCUT2D eigenvalue weighted by molar-refractivity contribution is 6.46. The smallest absolute Gasteiger partial charge is 0.295 e. The Labute approximate surface area is 186 Å². The van der Waals surface area contributed by atoms with Gasteiger partial charge in [0.15, 0.2) is 0 Å². The number of benzene rings is 2. The second-order valence-corrected chi connectivity index (χ2v) is 7.85. The maximum atomic E-state index is 13.1. The SMILES string of the molecule is COc1ccc(OC)c([C@@H]2C(=C(O)c3ccc(Cl)cc3)C(=O)C(=O)N2CCN(C)C)c1. The Bertz CT molecular complexity index is 1020. The van der Waals surface area contributed by atoms with Crippen LogP contribution < -0.4 is 9.47 Å². The molecule has 1 aliphatic heterocycles. The van der Waals surface area contributed by atoms with E-state index in [4.69, 9.17) is 21.1 Å². The zero-order chi connectivity index (χ0) is 22.7. The molecule has 0 radical (unpaired) electrons. The third kappa shape index (κ3) is 4.52. The van der Waals surface area contributed by atoms with E-state index in [2.05, 4.69) is 0 Å². The van der Waals surface area contributed by atoms with Crippen LogP contribution in [0.4, 0.5) is 0 Å².